The van der Waals surface area contributed by atoms with Gasteiger partial charge in [0, 0.05) is 35.5 Å². The molecule has 1 unspecified atom stereocenters. The van der Waals surface area contributed by atoms with Crippen LogP contribution in [0.25, 0.3) is 16.6 Å². The summed E-state index contributed by atoms with van der Waals surface area (Å²) in [6, 6.07) is 4.05. The molecule has 1 aliphatic carbocycles. The number of H-pyrrole nitrogens is 1. The third kappa shape index (κ3) is 1.54. The van der Waals surface area contributed by atoms with Gasteiger partial charge in [-0.2, -0.15) is 0 Å². The SMILES string of the molecule is NC1=NC=CC2=C(c3c[nH]c4ncccc34)C=CCC12. The molecule has 0 saturated carbocycles. The number of aromatic amines is 1. The third-order valence-electron chi connectivity index (χ3n) is 3.92. The molecule has 20 heavy (non-hydrogen) atoms. The van der Waals surface area contributed by atoms with Crippen LogP contribution in [0, 0.1) is 5.92 Å². The molecule has 4 nitrogen and oxygen atoms in total. The van der Waals surface area contributed by atoms with Crippen molar-refractivity contribution in [2.45, 2.75) is 6.42 Å². The summed E-state index contributed by atoms with van der Waals surface area (Å²) < 4.78 is 0. The maximum Gasteiger partial charge on any atom is 0.137 e. The van der Waals surface area contributed by atoms with Crippen LogP contribution in [0.15, 0.2) is 59.5 Å². The second-order valence-corrected chi connectivity index (χ2v) is 5.03. The number of nitrogens with two attached hydrogens (primary N) is 1. The van der Waals surface area contributed by atoms with Gasteiger partial charge in [-0.15, -0.1) is 0 Å². The van der Waals surface area contributed by atoms with E-state index >= 15 is 0 Å². The number of nitrogens with zero attached hydrogens (tertiary/aromatic N) is 2. The number of allylic oxidation sites excluding steroid dienone is 4. The lowest BCUT2D eigenvalue weighted by atomic mass is 9.82. The molecule has 0 amide bonds. The quantitative estimate of drug-likeness (QED) is 0.829. The molecule has 0 fully saturated rings. The van der Waals surface area contributed by atoms with Gasteiger partial charge in [0.2, 0.25) is 0 Å². The summed E-state index contributed by atoms with van der Waals surface area (Å²) in [5.41, 5.74) is 10.6. The first kappa shape index (κ1) is 11.2. The van der Waals surface area contributed by atoms with Crippen LogP contribution in [0.5, 0.6) is 0 Å². The lowest BCUT2D eigenvalue weighted by Crippen LogP contribution is -2.27. The molecule has 98 valence electrons. The molecule has 2 aromatic heterocycles. The molecular weight excluding hydrogens is 248 g/mol. The maximum absolute atomic E-state index is 6.03. The van der Waals surface area contributed by atoms with E-state index in [0.29, 0.717) is 5.84 Å². The first-order valence-electron chi connectivity index (χ1n) is 6.67. The first-order valence-corrected chi connectivity index (χ1v) is 6.67. The molecule has 0 radical (unpaired) electrons. The molecule has 1 atom stereocenters. The van der Waals surface area contributed by atoms with E-state index in [4.69, 9.17) is 5.73 Å². The van der Waals surface area contributed by atoms with E-state index in [9.17, 15) is 0 Å². The maximum atomic E-state index is 6.03. The van der Waals surface area contributed by atoms with Crippen molar-refractivity contribution in [1.29, 1.82) is 0 Å². The Kier molecular flexibility index (Phi) is 2.36. The average molecular weight is 262 g/mol. The predicted octanol–water partition coefficient (Wildman–Crippen LogP) is 2.78. The van der Waals surface area contributed by atoms with Crippen molar-refractivity contribution in [1.82, 2.24) is 9.97 Å². The Labute approximate surface area is 116 Å². The number of pyridine rings is 1. The number of amidine groups is 1. The Balaban J connectivity index is 1.95. The van der Waals surface area contributed by atoms with Crippen LogP contribution in [-0.4, -0.2) is 15.8 Å². The van der Waals surface area contributed by atoms with Crippen molar-refractivity contribution in [3.63, 3.8) is 0 Å². The standard InChI is InChI=1S/C16H14N4/c17-15-12-4-1-3-10(11(12)6-8-18-15)14-9-20-16-13(14)5-2-7-19-16/h1-3,5-9,12H,4H2,(H2,17,18)(H,19,20). The number of fused-ring (bicyclic) bond motifs is 2. The monoisotopic (exact) mass is 262 g/mol. The minimum atomic E-state index is 0.196. The molecule has 2 aliphatic rings. The van der Waals surface area contributed by atoms with Crippen LogP contribution in [0.1, 0.15) is 12.0 Å². The zero-order valence-corrected chi connectivity index (χ0v) is 10.9. The fourth-order valence-electron chi connectivity index (χ4n) is 2.94. The summed E-state index contributed by atoms with van der Waals surface area (Å²) in [6.45, 7) is 0. The number of aromatic nitrogens is 2. The van der Waals surface area contributed by atoms with E-state index in [1.807, 2.05) is 12.3 Å². The third-order valence-corrected chi connectivity index (χ3v) is 3.92. The predicted molar refractivity (Wildman–Crippen MR) is 81.0 cm³/mol. The van der Waals surface area contributed by atoms with Crippen molar-refractivity contribution in [2.24, 2.45) is 16.6 Å². The topological polar surface area (TPSA) is 67.1 Å². The molecule has 4 rings (SSSR count). The molecule has 1 aliphatic heterocycles. The molecule has 0 spiro atoms. The normalized spacial score (nSPS) is 21.2. The van der Waals surface area contributed by atoms with E-state index in [1.165, 1.54) is 16.7 Å². The van der Waals surface area contributed by atoms with E-state index in [-0.39, 0.29) is 5.92 Å². The molecule has 3 heterocycles. The fraction of sp³-hybridized carbons (Fsp3) is 0.125. The molecule has 0 saturated heterocycles. The van der Waals surface area contributed by atoms with E-state index in [0.717, 1.165) is 17.5 Å². The number of hydrogen-bond donors (Lipinski definition) is 2. The Morgan fingerprint density at radius 2 is 2.25 bits per heavy atom. The van der Waals surface area contributed by atoms with Gasteiger partial charge in [-0.05, 0) is 35.8 Å². The summed E-state index contributed by atoms with van der Waals surface area (Å²) in [7, 11) is 0. The van der Waals surface area contributed by atoms with Crippen LogP contribution in [0.2, 0.25) is 0 Å². The van der Waals surface area contributed by atoms with E-state index in [1.54, 1.807) is 12.4 Å². The smallest absolute Gasteiger partial charge is 0.137 e. The molecule has 3 N–H and O–H groups in total. The number of hydrogen-bond acceptors (Lipinski definition) is 3. The Hall–Kier alpha value is -2.62. The summed E-state index contributed by atoms with van der Waals surface area (Å²) in [5.74, 6) is 0.893. The number of rotatable bonds is 1. The van der Waals surface area contributed by atoms with Crippen LogP contribution >= 0.6 is 0 Å². The van der Waals surface area contributed by atoms with E-state index in [2.05, 4.69) is 39.3 Å². The van der Waals surface area contributed by atoms with Gasteiger partial charge in [-0.1, -0.05) is 12.2 Å². The van der Waals surface area contributed by atoms with Gasteiger partial charge in [0.1, 0.15) is 11.5 Å². The fourth-order valence-corrected chi connectivity index (χ4v) is 2.94. The van der Waals surface area contributed by atoms with Crippen LogP contribution in [0.4, 0.5) is 0 Å². The van der Waals surface area contributed by atoms with Gasteiger partial charge in [0.25, 0.3) is 0 Å². The second kappa shape index (κ2) is 4.20. The average Bonchev–Trinajstić information content (AvgIpc) is 2.91. The van der Waals surface area contributed by atoms with Crippen LogP contribution < -0.4 is 5.73 Å². The highest BCUT2D eigenvalue weighted by Gasteiger charge is 2.25. The zero-order valence-electron chi connectivity index (χ0n) is 10.9. The number of nitrogens with one attached hydrogen (secondary N) is 1. The highest BCUT2D eigenvalue weighted by atomic mass is 14.9. The van der Waals surface area contributed by atoms with Crippen molar-refractivity contribution in [3.05, 3.63) is 60.1 Å². The second-order valence-electron chi connectivity index (χ2n) is 5.03. The van der Waals surface area contributed by atoms with E-state index < -0.39 is 0 Å². The molecule has 0 bridgehead atoms. The molecule has 4 heteroatoms. The number of aliphatic imine (C=N–C) groups is 1. The summed E-state index contributed by atoms with van der Waals surface area (Å²) in [6.07, 6.45) is 12.9. The first-order chi connectivity index (χ1) is 9.84. The highest BCUT2D eigenvalue weighted by molar-refractivity contribution is 5.99. The summed E-state index contributed by atoms with van der Waals surface area (Å²) >= 11 is 0. The van der Waals surface area contributed by atoms with Gasteiger partial charge < -0.3 is 10.7 Å². The van der Waals surface area contributed by atoms with Gasteiger partial charge >= 0.3 is 0 Å². The summed E-state index contributed by atoms with van der Waals surface area (Å²) in [4.78, 5) is 11.8. The molecule has 0 aromatic carbocycles. The van der Waals surface area contributed by atoms with Crippen LogP contribution in [0.3, 0.4) is 0 Å². The van der Waals surface area contributed by atoms with Crippen molar-refractivity contribution in [2.75, 3.05) is 0 Å². The van der Waals surface area contributed by atoms with Gasteiger partial charge in [0.05, 0.1) is 0 Å². The van der Waals surface area contributed by atoms with Crippen molar-refractivity contribution >= 4 is 22.4 Å². The Morgan fingerprint density at radius 1 is 1.30 bits per heavy atom. The molecule has 2 aromatic rings. The molecular formula is C16H14N4. The van der Waals surface area contributed by atoms with Gasteiger partial charge in [-0.3, -0.25) is 0 Å². The van der Waals surface area contributed by atoms with Gasteiger partial charge in [0.15, 0.2) is 0 Å². The van der Waals surface area contributed by atoms with Gasteiger partial charge in [-0.25, -0.2) is 9.98 Å². The zero-order chi connectivity index (χ0) is 13.5. The lowest BCUT2D eigenvalue weighted by Gasteiger charge is -2.24. The highest BCUT2D eigenvalue weighted by Crippen LogP contribution is 2.36. The van der Waals surface area contributed by atoms with Crippen LogP contribution in [-0.2, 0) is 0 Å². The Bertz CT molecular complexity index is 805. The van der Waals surface area contributed by atoms with Crippen molar-refractivity contribution < 1.29 is 0 Å². The van der Waals surface area contributed by atoms with Crippen molar-refractivity contribution in [3.8, 4) is 0 Å². The lowest BCUT2D eigenvalue weighted by molar-refractivity contribution is 0.816. The summed E-state index contributed by atoms with van der Waals surface area (Å²) in [5, 5.41) is 1.13. The minimum absolute atomic E-state index is 0.196. The minimum Gasteiger partial charge on any atom is -0.387 e. The largest absolute Gasteiger partial charge is 0.387 e. The Morgan fingerprint density at radius 3 is 3.20 bits per heavy atom.